The van der Waals surface area contributed by atoms with Crippen LogP contribution in [0.4, 0.5) is 0 Å². The molecule has 0 radical (unpaired) electrons. The molecular formula is C20H30N2O3. The normalized spacial score (nSPS) is 21.1. The Morgan fingerprint density at radius 2 is 1.76 bits per heavy atom. The van der Waals surface area contributed by atoms with Crippen molar-refractivity contribution < 1.29 is 14.3 Å². The van der Waals surface area contributed by atoms with Crippen molar-refractivity contribution in [1.82, 2.24) is 4.90 Å². The van der Waals surface area contributed by atoms with Gasteiger partial charge >= 0.3 is 0 Å². The Morgan fingerprint density at radius 3 is 2.28 bits per heavy atom. The van der Waals surface area contributed by atoms with Crippen LogP contribution in [-0.4, -0.2) is 36.6 Å². The summed E-state index contributed by atoms with van der Waals surface area (Å²) in [5.74, 6) is 2.23. The first-order valence-electron chi connectivity index (χ1n) is 9.59. The highest BCUT2D eigenvalue weighted by molar-refractivity contribution is 5.79. The molecule has 1 amide bonds. The molecule has 2 N–H and O–H groups in total. The largest absolute Gasteiger partial charge is 0.493 e. The molecule has 1 saturated heterocycles. The summed E-state index contributed by atoms with van der Waals surface area (Å²) in [4.78, 5) is 14.0. The highest BCUT2D eigenvalue weighted by Crippen LogP contribution is 2.49. The minimum absolute atomic E-state index is 0.164. The number of carbonyl (C=O) groups is 1. The summed E-state index contributed by atoms with van der Waals surface area (Å²) in [6.45, 7) is 6.92. The average molecular weight is 346 g/mol. The van der Waals surface area contributed by atoms with E-state index in [2.05, 4.69) is 17.0 Å². The van der Waals surface area contributed by atoms with E-state index in [1.165, 1.54) is 18.4 Å². The fraction of sp³-hybridized carbons (Fsp3) is 0.650. The van der Waals surface area contributed by atoms with E-state index in [1.54, 1.807) is 0 Å². The highest BCUT2D eigenvalue weighted by atomic mass is 16.5. The van der Waals surface area contributed by atoms with Crippen LogP contribution in [0.25, 0.3) is 0 Å². The monoisotopic (exact) mass is 346 g/mol. The van der Waals surface area contributed by atoms with Crippen LogP contribution in [0.1, 0.15) is 63.0 Å². The van der Waals surface area contributed by atoms with E-state index in [0.717, 1.165) is 42.9 Å². The lowest BCUT2D eigenvalue weighted by atomic mass is 9.99. The molecule has 25 heavy (non-hydrogen) atoms. The molecular weight excluding hydrogens is 316 g/mol. The first-order chi connectivity index (χ1) is 12.1. The van der Waals surface area contributed by atoms with E-state index in [-0.39, 0.29) is 11.9 Å². The molecule has 0 spiro atoms. The van der Waals surface area contributed by atoms with Crippen LogP contribution in [0.15, 0.2) is 12.1 Å². The molecule has 2 aliphatic rings. The van der Waals surface area contributed by atoms with Gasteiger partial charge in [-0.2, -0.15) is 0 Å². The van der Waals surface area contributed by atoms with Gasteiger partial charge in [0.05, 0.1) is 19.3 Å². The summed E-state index contributed by atoms with van der Waals surface area (Å²) in [6, 6.07) is 4.10. The van der Waals surface area contributed by atoms with E-state index in [0.29, 0.717) is 25.7 Å². The maximum atomic E-state index is 11.8. The number of nitrogens with two attached hydrogens (primary N) is 1. The molecule has 5 nitrogen and oxygen atoms in total. The summed E-state index contributed by atoms with van der Waals surface area (Å²) in [5.41, 5.74) is 7.96. The molecule has 3 rings (SSSR count). The predicted octanol–water partition coefficient (Wildman–Crippen LogP) is 3.20. The fourth-order valence-corrected chi connectivity index (χ4v) is 3.81. The SMILES string of the molecule is CCOc1cc(CN2CCCCC2C(N)=O)cc(OCC)c1C1CC1. The molecule has 1 aromatic rings. The maximum Gasteiger partial charge on any atom is 0.234 e. The summed E-state index contributed by atoms with van der Waals surface area (Å²) in [7, 11) is 0. The first-order valence-corrected chi connectivity index (χ1v) is 9.59. The van der Waals surface area contributed by atoms with Crippen molar-refractivity contribution in [2.75, 3.05) is 19.8 Å². The summed E-state index contributed by atoms with van der Waals surface area (Å²) < 4.78 is 11.9. The van der Waals surface area contributed by atoms with Crippen molar-refractivity contribution in [3.8, 4) is 11.5 Å². The van der Waals surface area contributed by atoms with Gasteiger partial charge in [-0.15, -0.1) is 0 Å². The van der Waals surface area contributed by atoms with Crippen LogP contribution in [0.2, 0.25) is 0 Å². The smallest absolute Gasteiger partial charge is 0.234 e. The zero-order valence-electron chi connectivity index (χ0n) is 15.4. The lowest BCUT2D eigenvalue weighted by Crippen LogP contribution is -2.47. The Hall–Kier alpha value is -1.75. The zero-order chi connectivity index (χ0) is 17.8. The van der Waals surface area contributed by atoms with Gasteiger partial charge in [-0.3, -0.25) is 9.69 Å². The van der Waals surface area contributed by atoms with Crippen molar-refractivity contribution in [2.45, 2.75) is 64.5 Å². The van der Waals surface area contributed by atoms with Gasteiger partial charge in [0.1, 0.15) is 11.5 Å². The third-order valence-corrected chi connectivity index (χ3v) is 5.08. The van der Waals surface area contributed by atoms with E-state index in [9.17, 15) is 4.79 Å². The van der Waals surface area contributed by atoms with Gasteiger partial charge in [-0.05, 0) is 69.7 Å². The molecule has 1 unspecified atom stereocenters. The molecule has 2 fully saturated rings. The number of ether oxygens (including phenoxy) is 2. The third kappa shape index (κ3) is 4.27. The van der Waals surface area contributed by atoms with Gasteiger partial charge in [-0.1, -0.05) is 6.42 Å². The van der Waals surface area contributed by atoms with Crippen LogP contribution in [0.5, 0.6) is 11.5 Å². The number of carbonyl (C=O) groups excluding carboxylic acids is 1. The average Bonchev–Trinajstić information content (AvgIpc) is 3.40. The second kappa shape index (κ2) is 8.09. The number of amides is 1. The summed E-state index contributed by atoms with van der Waals surface area (Å²) >= 11 is 0. The number of benzene rings is 1. The van der Waals surface area contributed by atoms with Crippen LogP contribution in [-0.2, 0) is 11.3 Å². The van der Waals surface area contributed by atoms with Crippen LogP contribution in [0, 0.1) is 0 Å². The maximum absolute atomic E-state index is 11.8. The predicted molar refractivity (Wildman–Crippen MR) is 98.0 cm³/mol. The lowest BCUT2D eigenvalue weighted by molar-refractivity contribution is -0.124. The van der Waals surface area contributed by atoms with E-state index < -0.39 is 0 Å². The summed E-state index contributed by atoms with van der Waals surface area (Å²) in [5, 5.41) is 0. The number of likely N-dealkylation sites (tertiary alicyclic amines) is 1. The van der Waals surface area contributed by atoms with Gasteiger partial charge in [0.25, 0.3) is 0 Å². The Bertz CT molecular complexity index is 586. The molecule has 1 saturated carbocycles. The standard InChI is InChI=1S/C20H30N2O3/c1-3-24-17-11-14(12-18(25-4-2)19(17)15-8-9-15)13-22-10-6-5-7-16(22)20(21)23/h11-12,15-16H,3-10,13H2,1-2H3,(H2,21,23). The van der Waals surface area contributed by atoms with Gasteiger partial charge in [-0.25, -0.2) is 0 Å². The van der Waals surface area contributed by atoms with E-state index in [1.807, 2.05) is 13.8 Å². The van der Waals surface area contributed by atoms with Gasteiger partial charge in [0, 0.05) is 12.1 Å². The Kier molecular flexibility index (Phi) is 5.84. The van der Waals surface area contributed by atoms with E-state index >= 15 is 0 Å². The molecule has 0 bridgehead atoms. The van der Waals surface area contributed by atoms with Crippen molar-refractivity contribution in [1.29, 1.82) is 0 Å². The van der Waals surface area contributed by atoms with Crippen molar-refractivity contribution in [3.63, 3.8) is 0 Å². The van der Waals surface area contributed by atoms with Crippen molar-refractivity contribution in [2.24, 2.45) is 5.73 Å². The number of hydrogen-bond acceptors (Lipinski definition) is 4. The number of rotatable bonds is 8. The Labute approximate surface area is 150 Å². The number of primary amides is 1. The number of nitrogens with zero attached hydrogens (tertiary/aromatic N) is 1. The lowest BCUT2D eigenvalue weighted by Gasteiger charge is -2.33. The molecule has 5 heteroatoms. The number of hydrogen-bond donors (Lipinski definition) is 1. The third-order valence-electron chi connectivity index (χ3n) is 5.08. The molecule has 1 heterocycles. The second-order valence-electron chi connectivity index (χ2n) is 7.03. The van der Waals surface area contributed by atoms with Gasteiger partial charge in [0.15, 0.2) is 0 Å². The topological polar surface area (TPSA) is 64.8 Å². The van der Waals surface area contributed by atoms with Crippen LogP contribution in [0.3, 0.4) is 0 Å². The fourth-order valence-electron chi connectivity index (χ4n) is 3.81. The molecule has 1 atom stereocenters. The Balaban J connectivity index is 1.88. The highest BCUT2D eigenvalue weighted by Gasteiger charge is 2.32. The molecule has 1 aliphatic heterocycles. The summed E-state index contributed by atoms with van der Waals surface area (Å²) in [6.07, 6.45) is 5.44. The van der Waals surface area contributed by atoms with Gasteiger partial charge in [0.2, 0.25) is 5.91 Å². The molecule has 1 aromatic carbocycles. The number of piperidine rings is 1. The minimum Gasteiger partial charge on any atom is -0.493 e. The van der Waals surface area contributed by atoms with Crippen LogP contribution >= 0.6 is 0 Å². The molecule has 138 valence electrons. The zero-order valence-corrected chi connectivity index (χ0v) is 15.4. The molecule has 1 aliphatic carbocycles. The molecule has 0 aromatic heterocycles. The quantitative estimate of drug-likeness (QED) is 0.785. The Morgan fingerprint density at radius 1 is 1.12 bits per heavy atom. The minimum atomic E-state index is -0.218. The van der Waals surface area contributed by atoms with Crippen LogP contribution < -0.4 is 15.2 Å². The van der Waals surface area contributed by atoms with Crippen molar-refractivity contribution in [3.05, 3.63) is 23.3 Å². The van der Waals surface area contributed by atoms with Gasteiger partial charge < -0.3 is 15.2 Å². The van der Waals surface area contributed by atoms with Crippen molar-refractivity contribution >= 4 is 5.91 Å². The van der Waals surface area contributed by atoms with E-state index in [4.69, 9.17) is 15.2 Å². The first kappa shape index (κ1) is 18.1. The second-order valence-corrected chi connectivity index (χ2v) is 7.03.